The van der Waals surface area contributed by atoms with Crippen molar-refractivity contribution in [2.24, 2.45) is 11.1 Å². The SMILES string of the molecule is CC1(C)[C@H]2CC[C@]1(c1cncc(-c3cnc(CCC(N)=O)nc3)n1)c1nnc(-c3c(F)cccc3F)cc12. The monoisotopic (exact) mass is 513 g/mol. The Balaban J connectivity index is 1.41. The van der Waals surface area contributed by atoms with Gasteiger partial charge in [0.2, 0.25) is 5.91 Å². The molecule has 1 saturated carbocycles. The third-order valence-electron chi connectivity index (χ3n) is 8.27. The zero-order chi connectivity index (χ0) is 26.7. The van der Waals surface area contributed by atoms with Crippen molar-refractivity contribution in [2.75, 3.05) is 0 Å². The van der Waals surface area contributed by atoms with Gasteiger partial charge >= 0.3 is 0 Å². The molecule has 0 aliphatic heterocycles. The first-order chi connectivity index (χ1) is 18.2. The summed E-state index contributed by atoms with van der Waals surface area (Å²) in [5, 5.41) is 8.87. The Kier molecular flexibility index (Phi) is 5.51. The van der Waals surface area contributed by atoms with Crippen molar-refractivity contribution in [3.05, 3.63) is 83.5 Å². The minimum atomic E-state index is -0.669. The molecule has 4 aromatic rings. The highest BCUT2D eigenvalue weighted by atomic mass is 19.1. The molecule has 0 radical (unpaired) electrons. The Bertz CT molecular complexity index is 1550. The standard InChI is InChI=1S/C28H25F2N7O/c1-27(2)17-8-9-28(27,26-16(17)10-20(36-37-26)25-18(29)4-3-5-19(25)30)22-14-32-13-21(35-22)15-11-33-24(34-12-15)7-6-23(31)38/h3-5,10-14,17H,6-9H2,1-2H3,(H2,31,38)/t17-,28-/m0/s1. The van der Waals surface area contributed by atoms with E-state index in [1.54, 1.807) is 30.9 Å². The van der Waals surface area contributed by atoms with Crippen molar-refractivity contribution in [1.29, 1.82) is 0 Å². The van der Waals surface area contributed by atoms with Gasteiger partial charge in [0, 0.05) is 37.0 Å². The topological polar surface area (TPSA) is 120 Å². The Morgan fingerprint density at radius 3 is 2.50 bits per heavy atom. The predicted molar refractivity (Wildman–Crippen MR) is 134 cm³/mol. The second-order valence-electron chi connectivity index (χ2n) is 10.5. The van der Waals surface area contributed by atoms with E-state index in [0.29, 0.717) is 23.5 Å². The molecule has 2 aliphatic rings. The van der Waals surface area contributed by atoms with Gasteiger partial charge in [0.15, 0.2) is 0 Å². The summed E-state index contributed by atoms with van der Waals surface area (Å²) in [5.41, 5.74) is 8.20. The van der Waals surface area contributed by atoms with Gasteiger partial charge in [0.25, 0.3) is 0 Å². The van der Waals surface area contributed by atoms with Gasteiger partial charge in [-0.05, 0) is 47.9 Å². The van der Waals surface area contributed by atoms with Crippen molar-refractivity contribution in [3.63, 3.8) is 0 Å². The molecule has 2 atom stereocenters. The number of nitrogens with two attached hydrogens (primary N) is 1. The zero-order valence-corrected chi connectivity index (χ0v) is 20.9. The molecule has 3 aromatic heterocycles. The number of halogens is 2. The van der Waals surface area contributed by atoms with Crippen LogP contribution < -0.4 is 5.73 Å². The lowest BCUT2D eigenvalue weighted by Gasteiger charge is -2.37. The third-order valence-corrected chi connectivity index (χ3v) is 8.27. The lowest BCUT2D eigenvalue weighted by Crippen LogP contribution is -2.38. The van der Waals surface area contributed by atoms with Gasteiger partial charge in [0.05, 0.1) is 40.0 Å². The quantitative estimate of drug-likeness (QED) is 0.408. The van der Waals surface area contributed by atoms with Crippen molar-refractivity contribution in [1.82, 2.24) is 30.1 Å². The van der Waals surface area contributed by atoms with E-state index in [4.69, 9.17) is 10.7 Å². The first-order valence-electron chi connectivity index (χ1n) is 12.5. The average molecular weight is 514 g/mol. The van der Waals surface area contributed by atoms with Crippen LogP contribution in [0, 0.1) is 17.0 Å². The van der Waals surface area contributed by atoms with Crippen LogP contribution in [0.4, 0.5) is 8.78 Å². The molecule has 1 fully saturated rings. The van der Waals surface area contributed by atoms with Gasteiger partial charge in [-0.2, -0.15) is 5.10 Å². The van der Waals surface area contributed by atoms with E-state index in [-0.39, 0.29) is 29.0 Å². The normalized spacial score (nSPS) is 20.9. The highest BCUT2D eigenvalue weighted by Gasteiger charge is 2.65. The van der Waals surface area contributed by atoms with Crippen LogP contribution in [-0.2, 0) is 16.6 Å². The molecule has 0 saturated heterocycles. The van der Waals surface area contributed by atoms with Crippen LogP contribution in [-0.4, -0.2) is 36.0 Å². The van der Waals surface area contributed by atoms with Crippen LogP contribution in [0.3, 0.4) is 0 Å². The summed E-state index contributed by atoms with van der Waals surface area (Å²) in [5.74, 6) is -1.09. The van der Waals surface area contributed by atoms with Crippen LogP contribution in [0.2, 0.25) is 0 Å². The number of aryl methyl sites for hydroxylation is 1. The third kappa shape index (κ3) is 3.50. The molecule has 6 rings (SSSR count). The van der Waals surface area contributed by atoms with E-state index in [1.165, 1.54) is 18.2 Å². The molecular formula is C28H25F2N7O. The Labute approximate surface area is 217 Å². The first kappa shape index (κ1) is 24.1. The lowest BCUT2D eigenvalue weighted by molar-refractivity contribution is -0.118. The van der Waals surface area contributed by atoms with Gasteiger partial charge in [-0.3, -0.25) is 9.78 Å². The fourth-order valence-corrected chi connectivity index (χ4v) is 6.32. The summed E-state index contributed by atoms with van der Waals surface area (Å²) in [6.45, 7) is 4.36. The van der Waals surface area contributed by atoms with Crippen LogP contribution in [0.25, 0.3) is 22.5 Å². The van der Waals surface area contributed by atoms with Crippen molar-refractivity contribution in [3.8, 4) is 22.5 Å². The van der Waals surface area contributed by atoms with Crippen molar-refractivity contribution in [2.45, 2.75) is 50.9 Å². The van der Waals surface area contributed by atoms with E-state index < -0.39 is 23.0 Å². The summed E-state index contributed by atoms with van der Waals surface area (Å²) in [7, 11) is 0. The van der Waals surface area contributed by atoms with Crippen molar-refractivity contribution < 1.29 is 13.6 Å². The number of hydrogen-bond acceptors (Lipinski definition) is 7. The summed E-state index contributed by atoms with van der Waals surface area (Å²) < 4.78 is 29.0. The molecule has 0 spiro atoms. The number of carbonyl (C=O) groups excluding carboxylic acids is 1. The largest absolute Gasteiger partial charge is 0.370 e. The number of fused-ring (bicyclic) bond motifs is 5. The van der Waals surface area contributed by atoms with Gasteiger partial charge < -0.3 is 5.73 Å². The van der Waals surface area contributed by atoms with Gasteiger partial charge in [0.1, 0.15) is 17.5 Å². The van der Waals surface area contributed by atoms with Gasteiger partial charge in [-0.1, -0.05) is 19.9 Å². The Morgan fingerprint density at radius 2 is 1.79 bits per heavy atom. The second kappa shape index (κ2) is 8.68. The maximum Gasteiger partial charge on any atom is 0.217 e. The Morgan fingerprint density at radius 1 is 1.05 bits per heavy atom. The number of rotatable bonds is 6. The molecule has 2 bridgehead atoms. The summed E-state index contributed by atoms with van der Waals surface area (Å²) in [4.78, 5) is 29.2. The molecule has 1 amide bonds. The van der Waals surface area contributed by atoms with Crippen molar-refractivity contribution >= 4 is 5.91 Å². The molecule has 3 heterocycles. The molecule has 8 nitrogen and oxygen atoms in total. The van der Waals surface area contributed by atoms with Gasteiger partial charge in [-0.15, -0.1) is 5.10 Å². The number of aromatic nitrogens is 6. The fourth-order valence-electron chi connectivity index (χ4n) is 6.32. The van der Waals surface area contributed by atoms with E-state index >= 15 is 0 Å². The highest BCUT2D eigenvalue weighted by Crippen LogP contribution is 2.69. The maximum absolute atomic E-state index is 14.5. The molecule has 0 unspecified atom stereocenters. The van der Waals surface area contributed by atoms with Gasteiger partial charge in [-0.25, -0.2) is 23.7 Å². The number of primary amides is 1. The van der Waals surface area contributed by atoms with E-state index in [9.17, 15) is 13.6 Å². The second-order valence-corrected chi connectivity index (χ2v) is 10.5. The van der Waals surface area contributed by atoms with E-state index in [2.05, 4.69) is 39.0 Å². The maximum atomic E-state index is 14.5. The molecular weight excluding hydrogens is 488 g/mol. The molecule has 38 heavy (non-hydrogen) atoms. The molecule has 192 valence electrons. The van der Waals surface area contributed by atoms with Crippen LogP contribution in [0.5, 0.6) is 0 Å². The number of carbonyl (C=O) groups is 1. The first-order valence-corrected chi connectivity index (χ1v) is 12.5. The van der Waals surface area contributed by atoms with Crippen LogP contribution >= 0.6 is 0 Å². The number of nitrogens with zero attached hydrogens (tertiary/aromatic N) is 6. The van der Waals surface area contributed by atoms with Crippen LogP contribution in [0.1, 0.15) is 61.8 Å². The molecule has 1 aromatic carbocycles. The highest BCUT2D eigenvalue weighted by molar-refractivity contribution is 5.73. The lowest BCUT2D eigenvalue weighted by atomic mass is 9.66. The zero-order valence-electron chi connectivity index (χ0n) is 20.9. The van der Waals surface area contributed by atoms with Crippen LogP contribution in [0.15, 0.2) is 49.1 Å². The van der Waals surface area contributed by atoms with E-state index in [0.717, 1.165) is 29.8 Å². The summed E-state index contributed by atoms with van der Waals surface area (Å²) in [6, 6.07) is 5.56. The van der Waals surface area contributed by atoms with E-state index in [1.807, 2.05) is 0 Å². The predicted octanol–water partition coefficient (Wildman–Crippen LogP) is 4.29. The number of amides is 1. The number of benzene rings is 1. The summed E-state index contributed by atoms with van der Waals surface area (Å²) >= 11 is 0. The average Bonchev–Trinajstić information content (AvgIpc) is 3.28. The fraction of sp³-hybridized carbons (Fsp3) is 0.321. The molecule has 2 aliphatic carbocycles. The summed E-state index contributed by atoms with van der Waals surface area (Å²) in [6.07, 6.45) is 8.98. The molecule has 10 heteroatoms. The number of hydrogen-bond donors (Lipinski definition) is 1. The Hall–Kier alpha value is -4.21. The minimum absolute atomic E-state index is 0.125. The minimum Gasteiger partial charge on any atom is -0.370 e. The smallest absolute Gasteiger partial charge is 0.217 e. The molecule has 2 N–H and O–H groups in total.